The highest BCUT2D eigenvalue weighted by atomic mass is 19.1. The van der Waals surface area contributed by atoms with Gasteiger partial charge >= 0.3 is 0 Å². The van der Waals surface area contributed by atoms with E-state index in [0.29, 0.717) is 17.2 Å². The van der Waals surface area contributed by atoms with Gasteiger partial charge in [-0.05, 0) is 55.3 Å². The number of furan rings is 1. The monoisotopic (exact) mass is 421 g/mol. The van der Waals surface area contributed by atoms with Crippen LogP contribution < -0.4 is 15.5 Å². The van der Waals surface area contributed by atoms with E-state index in [-0.39, 0.29) is 18.3 Å². The summed E-state index contributed by atoms with van der Waals surface area (Å²) in [6.07, 6.45) is 4.80. The zero-order valence-corrected chi connectivity index (χ0v) is 17.5. The third-order valence-electron chi connectivity index (χ3n) is 5.77. The summed E-state index contributed by atoms with van der Waals surface area (Å²) in [6.45, 7) is 3.07. The number of anilines is 1. The Hall–Kier alpha value is -3.12. The van der Waals surface area contributed by atoms with Crippen LogP contribution in [0.15, 0.2) is 71.3 Å². The molecule has 6 heteroatoms. The SMILES string of the molecule is O=C(NCc1ccccc1F)c1ccc(N2CCC(NCCc3ccco3)CC2)cc1. The molecule has 0 spiro atoms. The summed E-state index contributed by atoms with van der Waals surface area (Å²) >= 11 is 0. The highest BCUT2D eigenvalue weighted by Gasteiger charge is 2.19. The first-order valence-electron chi connectivity index (χ1n) is 10.8. The largest absolute Gasteiger partial charge is 0.469 e. The van der Waals surface area contributed by atoms with Gasteiger partial charge in [-0.15, -0.1) is 0 Å². The van der Waals surface area contributed by atoms with Gasteiger partial charge in [0, 0.05) is 55.5 Å². The van der Waals surface area contributed by atoms with Crippen molar-refractivity contribution >= 4 is 11.6 Å². The second-order valence-corrected chi connectivity index (χ2v) is 7.87. The van der Waals surface area contributed by atoms with Gasteiger partial charge in [-0.3, -0.25) is 4.79 Å². The smallest absolute Gasteiger partial charge is 0.251 e. The molecule has 1 amide bonds. The van der Waals surface area contributed by atoms with Crippen molar-refractivity contribution in [3.8, 4) is 0 Å². The quantitative estimate of drug-likeness (QED) is 0.574. The molecule has 0 saturated carbocycles. The van der Waals surface area contributed by atoms with Gasteiger partial charge < -0.3 is 20.0 Å². The predicted octanol–water partition coefficient (Wildman–Crippen LogP) is 4.15. The second-order valence-electron chi connectivity index (χ2n) is 7.87. The van der Waals surface area contributed by atoms with E-state index in [1.165, 1.54) is 6.07 Å². The van der Waals surface area contributed by atoms with Crippen molar-refractivity contribution in [2.45, 2.75) is 31.8 Å². The number of hydrogen-bond acceptors (Lipinski definition) is 4. The van der Waals surface area contributed by atoms with E-state index in [2.05, 4.69) is 15.5 Å². The maximum Gasteiger partial charge on any atom is 0.251 e. The van der Waals surface area contributed by atoms with Crippen LogP contribution in [-0.2, 0) is 13.0 Å². The Morgan fingerprint density at radius 1 is 1.03 bits per heavy atom. The van der Waals surface area contributed by atoms with Crippen LogP contribution in [0.3, 0.4) is 0 Å². The first kappa shape index (κ1) is 21.1. The summed E-state index contributed by atoms with van der Waals surface area (Å²) in [5.74, 6) is 0.509. The van der Waals surface area contributed by atoms with E-state index in [0.717, 1.165) is 50.3 Å². The number of carbonyl (C=O) groups is 1. The van der Waals surface area contributed by atoms with Crippen LogP contribution in [0, 0.1) is 5.82 Å². The van der Waals surface area contributed by atoms with E-state index in [1.807, 2.05) is 36.4 Å². The van der Waals surface area contributed by atoms with Crippen LogP contribution in [0.1, 0.15) is 34.5 Å². The molecule has 2 N–H and O–H groups in total. The van der Waals surface area contributed by atoms with E-state index in [9.17, 15) is 9.18 Å². The van der Waals surface area contributed by atoms with Gasteiger partial charge in [0.1, 0.15) is 11.6 Å². The van der Waals surface area contributed by atoms with Crippen molar-refractivity contribution in [3.05, 3.63) is 89.6 Å². The Morgan fingerprint density at radius 2 is 1.81 bits per heavy atom. The molecule has 0 unspecified atom stereocenters. The molecule has 31 heavy (non-hydrogen) atoms. The summed E-state index contributed by atoms with van der Waals surface area (Å²) in [7, 11) is 0. The molecule has 1 fully saturated rings. The topological polar surface area (TPSA) is 57.5 Å². The fraction of sp³-hybridized carbons (Fsp3) is 0.320. The molecule has 1 aliphatic heterocycles. The van der Waals surface area contributed by atoms with Crippen LogP contribution in [0.4, 0.5) is 10.1 Å². The minimum absolute atomic E-state index is 0.174. The highest BCUT2D eigenvalue weighted by Crippen LogP contribution is 2.21. The van der Waals surface area contributed by atoms with Crippen LogP contribution >= 0.6 is 0 Å². The maximum atomic E-state index is 13.7. The molecule has 162 valence electrons. The van der Waals surface area contributed by atoms with Crippen molar-refractivity contribution in [1.82, 2.24) is 10.6 Å². The van der Waals surface area contributed by atoms with Gasteiger partial charge in [0.2, 0.25) is 0 Å². The standard InChI is InChI=1S/C25H28FN3O2/c26-24-6-2-1-4-20(24)18-28-25(30)19-7-9-22(10-8-19)29-15-12-21(13-16-29)27-14-11-23-5-3-17-31-23/h1-10,17,21,27H,11-16,18H2,(H,28,30). The fourth-order valence-corrected chi connectivity index (χ4v) is 3.94. The number of benzene rings is 2. The summed E-state index contributed by atoms with van der Waals surface area (Å²) in [5.41, 5.74) is 2.18. The third kappa shape index (κ3) is 5.73. The Bertz CT molecular complexity index is 965. The van der Waals surface area contributed by atoms with Crippen molar-refractivity contribution in [2.75, 3.05) is 24.5 Å². The molecule has 3 aromatic rings. The summed E-state index contributed by atoms with van der Waals surface area (Å²) in [5, 5.41) is 6.40. The van der Waals surface area contributed by atoms with Gasteiger partial charge in [0.25, 0.3) is 5.91 Å². The molecule has 0 radical (unpaired) electrons. The number of piperidine rings is 1. The maximum absolute atomic E-state index is 13.7. The number of rotatable bonds is 8. The fourth-order valence-electron chi connectivity index (χ4n) is 3.94. The van der Waals surface area contributed by atoms with Crippen molar-refractivity contribution in [2.24, 2.45) is 0 Å². The lowest BCUT2D eigenvalue weighted by Crippen LogP contribution is -2.43. The molecular formula is C25H28FN3O2. The lowest BCUT2D eigenvalue weighted by Gasteiger charge is -2.34. The molecule has 5 nitrogen and oxygen atoms in total. The molecule has 1 aromatic heterocycles. The molecule has 2 heterocycles. The van der Waals surface area contributed by atoms with Gasteiger partial charge in [-0.2, -0.15) is 0 Å². The number of halogens is 1. The molecule has 1 aliphatic rings. The Labute approximate surface area is 182 Å². The Morgan fingerprint density at radius 3 is 2.52 bits per heavy atom. The number of nitrogens with zero attached hydrogens (tertiary/aromatic N) is 1. The average molecular weight is 422 g/mol. The van der Waals surface area contributed by atoms with Crippen molar-refractivity contribution < 1.29 is 13.6 Å². The zero-order valence-electron chi connectivity index (χ0n) is 17.5. The molecular weight excluding hydrogens is 393 g/mol. The Balaban J connectivity index is 1.22. The number of nitrogens with one attached hydrogen (secondary N) is 2. The first-order valence-corrected chi connectivity index (χ1v) is 10.8. The molecule has 2 aromatic carbocycles. The summed E-state index contributed by atoms with van der Waals surface area (Å²) in [4.78, 5) is 14.7. The minimum atomic E-state index is -0.308. The summed E-state index contributed by atoms with van der Waals surface area (Å²) < 4.78 is 19.1. The van der Waals surface area contributed by atoms with Gasteiger partial charge in [0.15, 0.2) is 0 Å². The van der Waals surface area contributed by atoms with Crippen LogP contribution in [0.5, 0.6) is 0 Å². The molecule has 0 bridgehead atoms. The van der Waals surface area contributed by atoms with Crippen LogP contribution in [-0.4, -0.2) is 31.6 Å². The molecule has 0 atom stereocenters. The first-order chi connectivity index (χ1) is 15.2. The van der Waals surface area contributed by atoms with Crippen LogP contribution in [0.25, 0.3) is 0 Å². The predicted molar refractivity (Wildman–Crippen MR) is 120 cm³/mol. The van der Waals surface area contributed by atoms with Gasteiger partial charge in [0.05, 0.1) is 6.26 Å². The molecule has 4 rings (SSSR count). The van der Waals surface area contributed by atoms with Gasteiger partial charge in [-0.25, -0.2) is 4.39 Å². The molecule has 1 saturated heterocycles. The molecule has 0 aliphatic carbocycles. The van der Waals surface area contributed by atoms with Gasteiger partial charge in [-0.1, -0.05) is 18.2 Å². The Kier molecular flexibility index (Phi) is 6.99. The summed E-state index contributed by atoms with van der Waals surface area (Å²) in [6, 6.07) is 18.6. The number of carbonyl (C=O) groups excluding carboxylic acids is 1. The van der Waals surface area contributed by atoms with E-state index in [1.54, 1.807) is 24.5 Å². The lowest BCUT2D eigenvalue weighted by molar-refractivity contribution is 0.0950. The zero-order chi connectivity index (χ0) is 21.5. The number of amides is 1. The highest BCUT2D eigenvalue weighted by molar-refractivity contribution is 5.94. The van der Waals surface area contributed by atoms with E-state index < -0.39 is 0 Å². The van der Waals surface area contributed by atoms with Crippen LogP contribution in [0.2, 0.25) is 0 Å². The van der Waals surface area contributed by atoms with Crippen molar-refractivity contribution in [1.29, 1.82) is 0 Å². The van der Waals surface area contributed by atoms with E-state index in [4.69, 9.17) is 4.42 Å². The third-order valence-corrected chi connectivity index (χ3v) is 5.77. The average Bonchev–Trinajstić information content (AvgIpc) is 3.33. The van der Waals surface area contributed by atoms with E-state index >= 15 is 0 Å². The lowest BCUT2D eigenvalue weighted by atomic mass is 10.0. The van der Waals surface area contributed by atoms with Crippen molar-refractivity contribution in [3.63, 3.8) is 0 Å². The minimum Gasteiger partial charge on any atom is -0.469 e. The number of hydrogen-bond donors (Lipinski definition) is 2. The second kappa shape index (κ2) is 10.3. The normalized spacial score (nSPS) is 14.5.